The molecule has 0 bridgehead atoms. The standard InChI is InChI=1S/C16H24N2O3/c1-5-21-13-9-12(16(13,2)3)18-15(19)10-7-6-8-11(17)14(10)20-4/h6-8,12-13H,5,9,17H2,1-4H3,(H,18,19). The van der Waals surface area contributed by atoms with Gasteiger partial charge in [0.05, 0.1) is 24.5 Å². The van der Waals surface area contributed by atoms with Gasteiger partial charge < -0.3 is 20.5 Å². The van der Waals surface area contributed by atoms with Crippen molar-refractivity contribution in [3.05, 3.63) is 23.8 Å². The summed E-state index contributed by atoms with van der Waals surface area (Å²) in [6.07, 6.45) is 1.02. The summed E-state index contributed by atoms with van der Waals surface area (Å²) in [6.45, 7) is 6.90. The molecule has 2 atom stereocenters. The fourth-order valence-electron chi connectivity index (χ4n) is 2.81. The van der Waals surface area contributed by atoms with E-state index < -0.39 is 0 Å². The Bertz CT molecular complexity index is 528. The van der Waals surface area contributed by atoms with Gasteiger partial charge in [0.15, 0.2) is 5.75 Å². The van der Waals surface area contributed by atoms with Gasteiger partial charge in [-0.1, -0.05) is 19.9 Å². The molecule has 0 saturated heterocycles. The lowest BCUT2D eigenvalue weighted by Gasteiger charge is -2.51. The van der Waals surface area contributed by atoms with Crippen LogP contribution in [0.2, 0.25) is 0 Å². The molecule has 0 spiro atoms. The minimum atomic E-state index is -0.160. The number of nitrogen functional groups attached to an aromatic ring is 1. The zero-order valence-electron chi connectivity index (χ0n) is 13.1. The second-order valence-electron chi connectivity index (χ2n) is 5.96. The van der Waals surface area contributed by atoms with Gasteiger partial charge in [0.25, 0.3) is 5.91 Å². The van der Waals surface area contributed by atoms with E-state index in [0.717, 1.165) is 6.42 Å². The maximum atomic E-state index is 12.4. The van der Waals surface area contributed by atoms with Crippen molar-refractivity contribution in [2.75, 3.05) is 19.5 Å². The Balaban J connectivity index is 2.08. The van der Waals surface area contributed by atoms with Crippen LogP contribution in [-0.2, 0) is 4.74 Å². The van der Waals surface area contributed by atoms with Gasteiger partial charge in [-0.2, -0.15) is 0 Å². The minimum absolute atomic E-state index is 0.0702. The van der Waals surface area contributed by atoms with Crippen molar-refractivity contribution in [2.45, 2.75) is 39.3 Å². The first-order valence-corrected chi connectivity index (χ1v) is 7.26. The van der Waals surface area contributed by atoms with Crippen LogP contribution in [0, 0.1) is 5.41 Å². The van der Waals surface area contributed by atoms with Crippen molar-refractivity contribution >= 4 is 11.6 Å². The van der Waals surface area contributed by atoms with E-state index in [1.165, 1.54) is 7.11 Å². The van der Waals surface area contributed by atoms with E-state index >= 15 is 0 Å². The topological polar surface area (TPSA) is 73.6 Å². The number of carbonyl (C=O) groups is 1. The van der Waals surface area contributed by atoms with Crippen LogP contribution >= 0.6 is 0 Å². The van der Waals surface area contributed by atoms with E-state index in [9.17, 15) is 4.79 Å². The van der Waals surface area contributed by atoms with Gasteiger partial charge in [0, 0.05) is 18.1 Å². The average Bonchev–Trinajstić information content (AvgIpc) is 2.45. The number of hydrogen-bond acceptors (Lipinski definition) is 4. The van der Waals surface area contributed by atoms with Gasteiger partial charge in [-0.25, -0.2) is 0 Å². The molecule has 5 nitrogen and oxygen atoms in total. The summed E-state index contributed by atoms with van der Waals surface area (Å²) < 4.78 is 10.9. The molecule has 1 aliphatic rings. The number of nitrogens with one attached hydrogen (secondary N) is 1. The third-order valence-electron chi connectivity index (χ3n) is 4.35. The smallest absolute Gasteiger partial charge is 0.255 e. The number of para-hydroxylation sites is 1. The van der Waals surface area contributed by atoms with E-state index in [0.29, 0.717) is 23.6 Å². The Morgan fingerprint density at radius 1 is 1.48 bits per heavy atom. The normalized spacial score (nSPS) is 23.2. The summed E-state index contributed by atoms with van der Waals surface area (Å²) in [4.78, 5) is 12.4. The number of benzene rings is 1. The summed E-state index contributed by atoms with van der Waals surface area (Å²) in [5.74, 6) is 0.265. The van der Waals surface area contributed by atoms with Gasteiger partial charge in [-0.3, -0.25) is 4.79 Å². The fraction of sp³-hybridized carbons (Fsp3) is 0.562. The van der Waals surface area contributed by atoms with E-state index in [1.807, 2.05) is 6.92 Å². The molecule has 116 valence electrons. The Labute approximate surface area is 125 Å². The molecular formula is C16H24N2O3. The number of ether oxygens (including phenoxy) is 2. The van der Waals surface area contributed by atoms with Crippen LogP contribution in [0.25, 0.3) is 0 Å². The average molecular weight is 292 g/mol. The molecule has 1 fully saturated rings. The Kier molecular flexibility index (Phi) is 4.42. The molecule has 2 unspecified atom stereocenters. The molecule has 21 heavy (non-hydrogen) atoms. The fourth-order valence-corrected chi connectivity index (χ4v) is 2.81. The van der Waals surface area contributed by atoms with Gasteiger partial charge >= 0.3 is 0 Å². The van der Waals surface area contributed by atoms with Gasteiger partial charge in [-0.05, 0) is 25.5 Å². The predicted octanol–water partition coefficient (Wildman–Crippen LogP) is 2.21. The van der Waals surface area contributed by atoms with Crippen LogP contribution in [0.5, 0.6) is 5.75 Å². The zero-order valence-corrected chi connectivity index (χ0v) is 13.1. The highest BCUT2D eigenvalue weighted by molar-refractivity contribution is 5.98. The monoisotopic (exact) mass is 292 g/mol. The lowest BCUT2D eigenvalue weighted by atomic mass is 9.64. The lowest BCUT2D eigenvalue weighted by molar-refractivity contribution is -0.111. The van der Waals surface area contributed by atoms with Crippen molar-refractivity contribution in [3.63, 3.8) is 0 Å². The summed E-state index contributed by atoms with van der Waals surface area (Å²) in [6, 6.07) is 5.28. The van der Waals surface area contributed by atoms with Crippen molar-refractivity contribution in [3.8, 4) is 5.75 Å². The van der Waals surface area contributed by atoms with Crippen molar-refractivity contribution in [1.82, 2.24) is 5.32 Å². The molecule has 0 aliphatic heterocycles. The van der Waals surface area contributed by atoms with Crippen LogP contribution in [0.3, 0.4) is 0 Å². The number of methoxy groups -OCH3 is 1. The molecule has 0 radical (unpaired) electrons. The highest BCUT2D eigenvalue weighted by Crippen LogP contribution is 2.43. The molecule has 3 N–H and O–H groups in total. The van der Waals surface area contributed by atoms with Crippen LogP contribution in [0.15, 0.2) is 18.2 Å². The highest BCUT2D eigenvalue weighted by Gasteiger charge is 2.49. The number of rotatable bonds is 5. The molecule has 5 heteroatoms. The van der Waals surface area contributed by atoms with Crippen molar-refractivity contribution in [2.24, 2.45) is 5.41 Å². The molecule has 0 heterocycles. The Hall–Kier alpha value is -1.75. The van der Waals surface area contributed by atoms with Crippen LogP contribution in [0.4, 0.5) is 5.69 Å². The van der Waals surface area contributed by atoms with E-state index in [1.54, 1.807) is 18.2 Å². The number of carbonyl (C=O) groups excluding carboxylic acids is 1. The highest BCUT2D eigenvalue weighted by atomic mass is 16.5. The van der Waals surface area contributed by atoms with Crippen LogP contribution < -0.4 is 15.8 Å². The minimum Gasteiger partial charge on any atom is -0.494 e. The molecule has 0 aromatic heterocycles. The van der Waals surface area contributed by atoms with Crippen molar-refractivity contribution < 1.29 is 14.3 Å². The summed E-state index contributed by atoms with van der Waals surface area (Å²) in [5.41, 5.74) is 6.70. The maximum Gasteiger partial charge on any atom is 0.255 e. The molecule has 1 aromatic rings. The molecule has 2 rings (SSSR count). The number of nitrogens with two attached hydrogens (primary N) is 1. The zero-order chi connectivity index (χ0) is 15.6. The summed E-state index contributed by atoms with van der Waals surface area (Å²) >= 11 is 0. The molecular weight excluding hydrogens is 268 g/mol. The SMILES string of the molecule is CCOC1CC(NC(=O)c2cccc(N)c2OC)C1(C)C. The first kappa shape index (κ1) is 15.6. The van der Waals surface area contributed by atoms with E-state index in [2.05, 4.69) is 19.2 Å². The van der Waals surface area contributed by atoms with E-state index in [4.69, 9.17) is 15.2 Å². The lowest BCUT2D eigenvalue weighted by Crippen LogP contribution is -2.62. The van der Waals surface area contributed by atoms with Crippen LogP contribution in [0.1, 0.15) is 37.6 Å². The largest absolute Gasteiger partial charge is 0.494 e. The van der Waals surface area contributed by atoms with Gasteiger partial charge in [-0.15, -0.1) is 0 Å². The van der Waals surface area contributed by atoms with E-state index in [-0.39, 0.29) is 23.5 Å². The number of hydrogen-bond donors (Lipinski definition) is 2. The molecule has 1 amide bonds. The van der Waals surface area contributed by atoms with Crippen LogP contribution in [-0.4, -0.2) is 31.8 Å². The summed E-state index contributed by atoms with van der Waals surface area (Å²) in [5, 5.41) is 3.06. The maximum absolute atomic E-state index is 12.4. The predicted molar refractivity (Wildman–Crippen MR) is 82.5 cm³/mol. The number of amides is 1. The second kappa shape index (κ2) is 5.93. The Morgan fingerprint density at radius 2 is 2.19 bits per heavy atom. The van der Waals surface area contributed by atoms with Gasteiger partial charge in [0.1, 0.15) is 0 Å². The third kappa shape index (κ3) is 2.83. The summed E-state index contributed by atoms with van der Waals surface area (Å²) in [7, 11) is 1.51. The second-order valence-corrected chi connectivity index (χ2v) is 5.96. The van der Waals surface area contributed by atoms with Gasteiger partial charge in [0.2, 0.25) is 0 Å². The first-order valence-electron chi connectivity index (χ1n) is 7.26. The quantitative estimate of drug-likeness (QED) is 0.816. The first-order chi connectivity index (χ1) is 9.91. The molecule has 1 aromatic carbocycles. The molecule has 1 saturated carbocycles. The Morgan fingerprint density at radius 3 is 2.76 bits per heavy atom. The molecule has 1 aliphatic carbocycles. The van der Waals surface area contributed by atoms with Crippen molar-refractivity contribution in [1.29, 1.82) is 0 Å². The number of anilines is 1. The third-order valence-corrected chi connectivity index (χ3v) is 4.35.